The van der Waals surface area contributed by atoms with E-state index < -0.39 is 0 Å². The average molecular weight is 257 g/mol. The van der Waals surface area contributed by atoms with Crippen molar-refractivity contribution in [2.75, 3.05) is 0 Å². The van der Waals surface area contributed by atoms with Gasteiger partial charge in [0, 0.05) is 0 Å². The van der Waals surface area contributed by atoms with Crippen LogP contribution in [0.4, 0.5) is 0 Å². The van der Waals surface area contributed by atoms with Crippen LogP contribution >= 0.6 is 0 Å². The molecule has 0 bridgehead atoms. The van der Waals surface area contributed by atoms with Crippen LogP contribution in [0.25, 0.3) is 0 Å². The summed E-state index contributed by atoms with van der Waals surface area (Å²) in [5.74, 6) is 0. The monoisotopic (exact) mass is 257 g/mol. The molecule has 1 fully saturated rings. The normalized spacial score (nSPS) is 23.4. The second-order valence-corrected chi connectivity index (χ2v) is 5.44. The van der Waals surface area contributed by atoms with Gasteiger partial charge < -0.3 is 5.11 Å². The molecule has 1 N–H and O–H groups in total. The molecule has 0 radical (unpaired) electrons. The number of imidazole rings is 1. The van der Waals surface area contributed by atoms with Crippen molar-refractivity contribution in [1.29, 1.82) is 0 Å². The summed E-state index contributed by atoms with van der Waals surface area (Å²) in [6, 6.07) is 10.7. The van der Waals surface area contributed by atoms with Gasteiger partial charge in [0.05, 0.1) is 6.10 Å². The zero-order valence-corrected chi connectivity index (χ0v) is 11.2. The number of nitrogens with zero attached hydrogens (tertiary/aromatic N) is 2. The van der Waals surface area contributed by atoms with Crippen LogP contribution in [0.2, 0.25) is 0 Å². The van der Waals surface area contributed by atoms with E-state index in [2.05, 4.69) is 52.1 Å². The van der Waals surface area contributed by atoms with Crippen LogP contribution in [0.3, 0.4) is 0 Å². The summed E-state index contributed by atoms with van der Waals surface area (Å²) < 4.78 is 4.35. The highest BCUT2D eigenvalue weighted by Gasteiger charge is 2.28. The van der Waals surface area contributed by atoms with Gasteiger partial charge in [-0.05, 0) is 24.8 Å². The number of aromatic nitrogens is 2. The number of aliphatic hydroxyl groups is 1. The SMILES string of the molecule is OC1CCCCC1n1cc[n+](Cc2ccccc2)c1. The lowest BCUT2D eigenvalue weighted by Crippen LogP contribution is -2.33. The van der Waals surface area contributed by atoms with Gasteiger partial charge in [0.15, 0.2) is 0 Å². The van der Waals surface area contributed by atoms with Crippen molar-refractivity contribution in [2.45, 2.75) is 44.4 Å². The Labute approximate surface area is 114 Å². The Bertz CT molecular complexity index is 521. The van der Waals surface area contributed by atoms with E-state index in [4.69, 9.17) is 0 Å². The summed E-state index contributed by atoms with van der Waals surface area (Å²) in [4.78, 5) is 0. The highest BCUT2D eigenvalue weighted by Crippen LogP contribution is 2.27. The smallest absolute Gasteiger partial charge is 0.244 e. The fraction of sp³-hybridized carbons (Fsp3) is 0.438. The summed E-state index contributed by atoms with van der Waals surface area (Å²) in [5.41, 5.74) is 1.30. The Morgan fingerprint density at radius 1 is 1.16 bits per heavy atom. The highest BCUT2D eigenvalue weighted by atomic mass is 16.3. The van der Waals surface area contributed by atoms with Crippen molar-refractivity contribution in [2.24, 2.45) is 0 Å². The molecular formula is C16H21N2O+. The molecule has 1 heterocycles. The first-order valence-corrected chi connectivity index (χ1v) is 7.11. The Kier molecular flexibility index (Phi) is 3.65. The minimum atomic E-state index is -0.189. The number of benzene rings is 1. The molecule has 3 nitrogen and oxygen atoms in total. The van der Waals surface area contributed by atoms with Gasteiger partial charge >= 0.3 is 0 Å². The Morgan fingerprint density at radius 2 is 1.95 bits per heavy atom. The summed E-state index contributed by atoms with van der Waals surface area (Å²) in [5, 5.41) is 10.1. The van der Waals surface area contributed by atoms with Crippen LogP contribution in [0.5, 0.6) is 0 Å². The molecule has 1 aliphatic carbocycles. The summed E-state index contributed by atoms with van der Waals surface area (Å²) in [6.45, 7) is 0.886. The van der Waals surface area contributed by atoms with E-state index in [1.807, 2.05) is 6.07 Å². The second-order valence-electron chi connectivity index (χ2n) is 5.44. The van der Waals surface area contributed by atoms with E-state index in [9.17, 15) is 5.11 Å². The van der Waals surface area contributed by atoms with E-state index in [0.717, 1.165) is 25.8 Å². The molecule has 2 atom stereocenters. The molecule has 2 aromatic rings. The van der Waals surface area contributed by atoms with Crippen molar-refractivity contribution in [1.82, 2.24) is 4.57 Å². The number of hydrogen-bond donors (Lipinski definition) is 1. The molecule has 3 heteroatoms. The molecule has 1 aliphatic rings. The van der Waals surface area contributed by atoms with Crippen LogP contribution < -0.4 is 4.57 Å². The minimum absolute atomic E-state index is 0.189. The van der Waals surface area contributed by atoms with Crippen LogP contribution in [-0.4, -0.2) is 15.8 Å². The van der Waals surface area contributed by atoms with Gasteiger partial charge in [-0.2, -0.15) is 0 Å². The predicted molar refractivity (Wildman–Crippen MR) is 73.7 cm³/mol. The van der Waals surface area contributed by atoms with Crippen LogP contribution in [0.1, 0.15) is 37.3 Å². The third-order valence-corrected chi connectivity index (χ3v) is 4.00. The van der Waals surface area contributed by atoms with Crippen molar-refractivity contribution in [3.63, 3.8) is 0 Å². The standard InChI is InChI=1S/C16H21N2O/c19-16-9-5-4-8-15(16)18-11-10-17(13-18)12-14-6-2-1-3-7-14/h1-3,6-7,10-11,13,15-16,19H,4-5,8-9,12H2/q+1. The Balaban J connectivity index is 1.72. The van der Waals surface area contributed by atoms with Crippen molar-refractivity contribution in [3.05, 3.63) is 54.6 Å². The Hall–Kier alpha value is -1.61. The third-order valence-electron chi connectivity index (χ3n) is 4.00. The van der Waals surface area contributed by atoms with Crippen molar-refractivity contribution in [3.8, 4) is 0 Å². The summed E-state index contributed by atoms with van der Waals surface area (Å²) in [7, 11) is 0. The number of hydrogen-bond acceptors (Lipinski definition) is 1. The largest absolute Gasteiger partial charge is 0.389 e. The molecule has 0 aliphatic heterocycles. The van der Waals surface area contributed by atoms with E-state index in [-0.39, 0.29) is 12.1 Å². The molecule has 100 valence electrons. The third kappa shape index (κ3) is 2.87. The fourth-order valence-electron chi connectivity index (χ4n) is 2.93. The predicted octanol–water partition coefficient (Wildman–Crippen LogP) is 2.30. The van der Waals surface area contributed by atoms with Crippen LogP contribution in [0, 0.1) is 0 Å². The van der Waals surface area contributed by atoms with E-state index in [0.29, 0.717) is 0 Å². The minimum Gasteiger partial charge on any atom is -0.389 e. The van der Waals surface area contributed by atoms with Gasteiger partial charge in [-0.25, -0.2) is 9.13 Å². The molecule has 2 unspecified atom stereocenters. The van der Waals surface area contributed by atoms with Crippen molar-refractivity contribution < 1.29 is 9.67 Å². The lowest BCUT2D eigenvalue weighted by Gasteiger charge is -2.24. The van der Waals surface area contributed by atoms with E-state index >= 15 is 0 Å². The van der Waals surface area contributed by atoms with Gasteiger partial charge in [0.1, 0.15) is 25.0 Å². The fourth-order valence-corrected chi connectivity index (χ4v) is 2.93. The quantitative estimate of drug-likeness (QED) is 0.840. The summed E-state index contributed by atoms with van der Waals surface area (Å²) >= 11 is 0. The van der Waals surface area contributed by atoms with Gasteiger partial charge in [0.25, 0.3) is 0 Å². The molecule has 19 heavy (non-hydrogen) atoms. The maximum Gasteiger partial charge on any atom is 0.244 e. The summed E-state index contributed by atoms with van der Waals surface area (Å²) in [6.07, 6.45) is 10.5. The molecule has 0 amide bonds. The van der Waals surface area contributed by atoms with Crippen LogP contribution in [-0.2, 0) is 6.54 Å². The maximum absolute atomic E-state index is 10.1. The van der Waals surface area contributed by atoms with Gasteiger partial charge in [0.2, 0.25) is 6.33 Å². The van der Waals surface area contributed by atoms with Gasteiger partial charge in [-0.3, -0.25) is 0 Å². The van der Waals surface area contributed by atoms with Crippen LogP contribution in [0.15, 0.2) is 49.1 Å². The highest BCUT2D eigenvalue weighted by molar-refractivity contribution is 5.13. The molecule has 1 saturated carbocycles. The van der Waals surface area contributed by atoms with E-state index in [1.54, 1.807) is 0 Å². The first-order valence-electron chi connectivity index (χ1n) is 7.11. The maximum atomic E-state index is 10.1. The van der Waals surface area contributed by atoms with E-state index in [1.165, 1.54) is 12.0 Å². The molecule has 0 spiro atoms. The zero-order valence-electron chi connectivity index (χ0n) is 11.2. The Morgan fingerprint density at radius 3 is 2.74 bits per heavy atom. The lowest BCUT2D eigenvalue weighted by molar-refractivity contribution is -0.688. The van der Waals surface area contributed by atoms with Gasteiger partial charge in [-0.15, -0.1) is 0 Å². The van der Waals surface area contributed by atoms with Crippen molar-refractivity contribution >= 4 is 0 Å². The molecule has 1 aromatic heterocycles. The molecule has 1 aromatic carbocycles. The first kappa shape index (κ1) is 12.4. The number of aliphatic hydroxyl groups excluding tert-OH is 1. The second kappa shape index (κ2) is 5.57. The lowest BCUT2D eigenvalue weighted by atomic mass is 9.92. The molecule has 3 rings (SSSR count). The van der Waals surface area contributed by atoms with Gasteiger partial charge in [-0.1, -0.05) is 36.8 Å². The molecular weight excluding hydrogens is 236 g/mol. The first-order chi connectivity index (χ1) is 9.33. The number of rotatable bonds is 3. The average Bonchev–Trinajstić information content (AvgIpc) is 2.89. The zero-order chi connectivity index (χ0) is 13.1. The molecule has 0 saturated heterocycles. The topological polar surface area (TPSA) is 29.0 Å².